The Hall–Kier alpha value is -1.09. The maximum absolute atomic E-state index is 5.35. The molecule has 0 aliphatic carbocycles. The minimum Gasteiger partial charge on any atom is -0.463 e. The Balaban J connectivity index is 0.000000771. The molecule has 3 heteroatoms. The summed E-state index contributed by atoms with van der Waals surface area (Å²) in [5.41, 5.74) is 0. The van der Waals surface area contributed by atoms with Crippen molar-refractivity contribution in [2.45, 2.75) is 52.9 Å². The zero-order valence-electron chi connectivity index (χ0n) is 11.6. The average Bonchev–Trinajstić information content (AvgIpc) is 3.07. The summed E-state index contributed by atoms with van der Waals surface area (Å²) in [4.78, 5) is 5.56. The fourth-order valence-electron chi connectivity index (χ4n) is 1.66. The Morgan fingerprint density at radius 1 is 1.22 bits per heavy atom. The third kappa shape index (κ3) is 4.65. The van der Waals surface area contributed by atoms with Crippen LogP contribution in [0.1, 0.15) is 51.5 Å². The summed E-state index contributed by atoms with van der Waals surface area (Å²) in [6.07, 6.45) is 9.90. The number of hydrogen-bond acceptors (Lipinski definition) is 3. The van der Waals surface area contributed by atoms with Gasteiger partial charge in [0.15, 0.2) is 0 Å². The van der Waals surface area contributed by atoms with Gasteiger partial charge in [-0.3, -0.25) is 0 Å². The third-order valence-electron chi connectivity index (χ3n) is 2.56. The molecule has 0 radical (unpaired) electrons. The van der Waals surface area contributed by atoms with Crippen LogP contribution in [-0.4, -0.2) is 4.98 Å². The number of nitrogens with zero attached hydrogens (tertiary/aromatic N) is 1. The fraction of sp³-hybridized carbons (Fsp3) is 0.533. The van der Waals surface area contributed by atoms with Gasteiger partial charge in [-0.15, -0.1) is 11.3 Å². The van der Waals surface area contributed by atoms with Crippen LogP contribution in [0, 0.1) is 0 Å². The second-order valence-electron chi connectivity index (χ2n) is 3.91. The number of furan rings is 1. The van der Waals surface area contributed by atoms with Gasteiger partial charge < -0.3 is 4.42 Å². The standard InChI is InChI=1S/C13H17NOS.C2H6/c1-2-3-4-5-8-13-14-10-12(16-13)11-7-6-9-15-11;1-2/h6-7,9-10H,2-5,8H2,1H3;1-2H3. The summed E-state index contributed by atoms with van der Waals surface area (Å²) in [5, 5.41) is 1.22. The molecule has 2 nitrogen and oxygen atoms in total. The highest BCUT2D eigenvalue weighted by Crippen LogP contribution is 2.27. The molecule has 2 rings (SSSR count). The zero-order chi connectivity index (χ0) is 13.2. The van der Waals surface area contributed by atoms with E-state index in [0.29, 0.717) is 0 Å². The van der Waals surface area contributed by atoms with Crippen molar-refractivity contribution in [3.63, 3.8) is 0 Å². The first kappa shape index (κ1) is 15.0. The van der Waals surface area contributed by atoms with E-state index in [1.807, 2.05) is 32.2 Å². The molecule has 0 amide bonds. The molecule has 2 heterocycles. The van der Waals surface area contributed by atoms with Gasteiger partial charge in [-0.05, 0) is 25.0 Å². The molecule has 0 aliphatic heterocycles. The van der Waals surface area contributed by atoms with Crippen molar-refractivity contribution >= 4 is 11.3 Å². The predicted molar refractivity (Wildman–Crippen MR) is 79.0 cm³/mol. The maximum Gasteiger partial charge on any atom is 0.145 e. The largest absolute Gasteiger partial charge is 0.463 e. The lowest BCUT2D eigenvalue weighted by Gasteiger charge is -1.95. The molecule has 2 aromatic heterocycles. The quantitative estimate of drug-likeness (QED) is 0.640. The zero-order valence-corrected chi connectivity index (χ0v) is 12.4. The van der Waals surface area contributed by atoms with Gasteiger partial charge >= 0.3 is 0 Å². The van der Waals surface area contributed by atoms with Gasteiger partial charge in [-0.25, -0.2) is 4.98 Å². The highest BCUT2D eigenvalue weighted by atomic mass is 32.1. The van der Waals surface area contributed by atoms with Crippen LogP contribution in [0.25, 0.3) is 10.6 Å². The average molecular weight is 265 g/mol. The van der Waals surface area contributed by atoms with Gasteiger partial charge in [0, 0.05) is 6.20 Å². The van der Waals surface area contributed by atoms with Gasteiger partial charge in [0.2, 0.25) is 0 Å². The first-order chi connectivity index (χ1) is 8.90. The number of aromatic nitrogens is 1. The van der Waals surface area contributed by atoms with Crippen LogP contribution in [0.3, 0.4) is 0 Å². The minimum atomic E-state index is 0.928. The number of rotatable bonds is 6. The number of aryl methyl sites for hydroxylation is 1. The number of hydrogen-bond donors (Lipinski definition) is 0. The molecule has 0 atom stereocenters. The van der Waals surface area contributed by atoms with Crippen molar-refractivity contribution in [3.8, 4) is 10.6 Å². The van der Waals surface area contributed by atoms with E-state index in [9.17, 15) is 0 Å². The smallest absolute Gasteiger partial charge is 0.145 e. The molecule has 18 heavy (non-hydrogen) atoms. The van der Waals surface area contributed by atoms with E-state index in [2.05, 4.69) is 11.9 Å². The first-order valence-electron chi connectivity index (χ1n) is 6.88. The molecular weight excluding hydrogens is 242 g/mol. The van der Waals surface area contributed by atoms with Gasteiger partial charge in [-0.2, -0.15) is 0 Å². The van der Waals surface area contributed by atoms with E-state index in [0.717, 1.165) is 17.1 Å². The summed E-state index contributed by atoms with van der Waals surface area (Å²) in [7, 11) is 0. The first-order valence-corrected chi connectivity index (χ1v) is 7.70. The third-order valence-corrected chi connectivity index (χ3v) is 3.63. The van der Waals surface area contributed by atoms with Crippen LogP contribution < -0.4 is 0 Å². The van der Waals surface area contributed by atoms with Crippen LogP contribution in [0.2, 0.25) is 0 Å². The lowest BCUT2D eigenvalue weighted by Crippen LogP contribution is -1.83. The molecule has 0 saturated carbocycles. The summed E-state index contributed by atoms with van der Waals surface area (Å²) in [6, 6.07) is 3.89. The lowest BCUT2D eigenvalue weighted by atomic mass is 10.2. The van der Waals surface area contributed by atoms with Gasteiger partial charge in [0.25, 0.3) is 0 Å². The van der Waals surface area contributed by atoms with Crippen LogP contribution in [-0.2, 0) is 6.42 Å². The maximum atomic E-state index is 5.35. The second kappa shape index (κ2) is 8.92. The molecule has 0 saturated heterocycles. The normalized spacial score (nSPS) is 9.94. The minimum absolute atomic E-state index is 0.928. The van der Waals surface area contributed by atoms with Crippen LogP contribution in [0.4, 0.5) is 0 Å². The van der Waals surface area contributed by atoms with Crippen molar-refractivity contribution < 1.29 is 4.42 Å². The van der Waals surface area contributed by atoms with E-state index in [-0.39, 0.29) is 0 Å². The highest BCUT2D eigenvalue weighted by molar-refractivity contribution is 7.15. The molecule has 100 valence electrons. The van der Waals surface area contributed by atoms with Crippen molar-refractivity contribution in [1.29, 1.82) is 0 Å². The van der Waals surface area contributed by atoms with Crippen molar-refractivity contribution in [2.24, 2.45) is 0 Å². The SMILES string of the molecule is CC.CCCCCCc1ncc(-c2ccco2)s1. The Labute approximate surface area is 114 Å². The van der Waals surface area contributed by atoms with Crippen LogP contribution in [0.5, 0.6) is 0 Å². The topological polar surface area (TPSA) is 26.0 Å². The van der Waals surface area contributed by atoms with Crippen LogP contribution >= 0.6 is 11.3 Å². The van der Waals surface area contributed by atoms with E-state index in [4.69, 9.17) is 4.42 Å². The Morgan fingerprint density at radius 2 is 2.06 bits per heavy atom. The number of thiazole rings is 1. The summed E-state index contributed by atoms with van der Waals surface area (Å²) >= 11 is 1.74. The van der Waals surface area contributed by atoms with Gasteiger partial charge in [0.1, 0.15) is 5.76 Å². The molecule has 0 N–H and O–H groups in total. The fourth-order valence-corrected chi connectivity index (χ4v) is 2.59. The molecule has 0 aromatic carbocycles. The van der Waals surface area contributed by atoms with Gasteiger partial charge in [0.05, 0.1) is 16.1 Å². The lowest BCUT2D eigenvalue weighted by molar-refractivity contribution is 0.583. The Morgan fingerprint density at radius 3 is 2.72 bits per heavy atom. The highest BCUT2D eigenvalue weighted by Gasteiger charge is 2.06. The van der Waals surface area contributed by atoms with E-state index in [1.165, 1.54) is 30.7 Å². The van der Waals surface area contributed by atoms with Crippen molar-refractivity contribution in [2.75, 3.05) is 0 Å². The molecular formula is C15H23NOS. The van der Waals surface area contributed by atoms with Gasteiger partial charge in [-0.1, -0.05) is 40.0 Å². The molecule has 0 unspecified atom stereocenters. The molecule has 2 aromatic rings. The van der Waals surface area contributed by atoms with E-state index in [1.54, 1.807) is 17.6 Å². The Bertz CT molecular complexity index is 406. The molecule has 0 spiro atoms. The Kier molecular flexibility index (Phi) is 7.42. The van der Waals surface area contributed by atoms with E-state index < -0.39 is 0 Å². The molecule has 0 fully saturated rings. The molecule has 0 aliphatic rings. The summed E-state index contributed by atoms with van der Waals surface area (Å²) < 4.78 is 5.35. The van der Waals surface area contributed by atoms with Crippen molar-refractivity contribution in [3.05, 3.63) is 29.6 Å². The van der Waals surface area contributed by atoms with Crippen molar-refractivity contribution in [1.82, 2.24) is 4.98 Å². The summed E-state index contributed by atoms with van der Waals surface area (Å²) in [6.45, 7) is 6.23. The second-order valence-corrected chi connectivity index (χ2v) is 5.02. The summed E-state index contributed by atoms with van der Waals surface area (Å²) in [5.74, 6) is 0.928. The van der Waals surface area contributed by atoms with E-state index >= 15 is 0 Å². The predicted octanol–water partition coefficient (Wildman–Crippen LogP) is 5.55. The van der Waals surface area contributed by atoms with Crippen LogP contribution in [0.15, 0.2) is 29.0 Å². The number of unbranched alkanes of at least 4 members (excludes halogenated alkanes) is 3. The molecule has 0 bridgehead atoms. The monoisotopic (exact) mass is 265 g/mol.